The van der Waals surface area contributed by atoms with Gasteiger partial charge in [0.05, 0.1) is 5.69 Å². The molecule has 0 amide bonds. The van der Waals surface area contributed by atoms with Gasteiger partial charge in [0.2, 0.25) is 10.0 Å². The molecule has 0 fully saturated rings. The number of aliphatic hydroxyl groups is 1. The van der Waals surface area contributed by atoms with E-state index in [9.17, 15) is 8.42 Å². The van der Waals surface area contributed by atoms with Crippen molar-refractivity contribution < 1.29 is 13.5 Å². The fourth-order valence-electron chi connectivity index (χ4n) is 1.72. The van der Waals surface area contributed by atoms with Crippen LogP contribution in [0.2, 0.25) is 0 Å². The Morgan fingerprint density at radius 2 is 2.00 bits per heavy atom. The zero-order valence-corrected chi connectivity index (χ0v) is 11.5. The molecular weight excluding hydrogens is 252 g/mol. The lowest BCUT2D eigenvalue weighted by atomic mass is 9.94. The summed E-state index contributed by atoms with van der Waals surface area (Å²) in [6.45, 7) is 3.94. The van der Waals surface area contributed by atoms with Gasteiger partial charge in [0.15, 0.2) is 0 Å². The third kappa shape index (κ3) is 3.69. The molecule has 1 aromatic carbocycles. The topological polar surface area (TPSA) is 92.4 Å². The maximum absolute atomic E-state index is 11.5. The molecular formula is C12H20N2O3S. The number of nitrogens with two attached hydrogens (primary N) is 1. The quantitative estimate of drug-likeness (QED) is 0.727. The van der Waals surface area contributed by atoms with Crippen molar-refractivity contribution in [1.29, 1.82) is 0 Å². The molecule has 0 aliphatic rings. The van der Waals surface area contributed by atoms with Gasteiger partial charge in [0, 0.05) is 12.1 Å². The number of primary sulfonamides is 1. The molecule has 0 spiro atoms. The molecule has 1 rings (SSSR count). The lowest BCUT2D eigenvalue weighted by Crippen LogP contribution is -2.35. The molecule has 0 aliphatic carbocycles. The van der Waals surface area contributed by atoms with Crippen molar-refractivity contribution in [3.05, 3.63) is 24.3 Å². The molecule has 1 atom stereocenters. The van der Waals surface area contributed by atoms with Gasteiger partial charge in [-0.05, 0) is 31.9 Å². The number of hydrogen-bond donors (Lipinski definition) is 3. The molecule has 0 aromatic heterocycles. The van der Waals surface area contributed by atoms with E-state index in [-0.39, 0.29) is 17.0 Å². The predicted molar refractivity (Wildman–Crippen MR) is 71.8 cm³/mol. The number of anilines is 1. The lowest BCUT2D eigenvalue weighted by Gasteiger charge is -2.31. The Kier molecular flexibility index (Phi) is 4.72. The van der Waals surface area contributed by atoms with Crippen LogP contribution in [0.5, 0.6) is 0 Å². The van der Waals surface area contributed by atoms with Crippen molar-refractivity contribution in [3.8, 4) is 0 Å². The molecule has 18 heavy (non-hydrogen) atoms. The van der Waals surface area contributed by atoms with Crippen LogP contribution in [-0.4, -0.2) is 25.7 Å². The van der Waals surface area contributed by atoms with Crippen LogP contribution in [0.4, 0.5) is 5.69 Å². The Morgan fingerprint density at radius 1 is 1.39 bits per heavy atom. The highest BCUT2D eigenvalue weighted by molar-refractivity contribution is 7.89. The zero-order valence-electron chi connectivity index (χ0n) is 10.7. The Bertz CT molecular complexity index is 502. The van der Waals surface area contributed by atoms with Crippen molar-refractivity contribution in [3.63, 3.8) is 0 Å². The number of nitrogens with one attached hydrogen (secondary N) is 1. The smallest absolute Gasteiger partial charge is 0.240 e. The first-order valence-electron chi connectivity index (χ1n) is 5.83. The average Bonchev–Trinajstić information content (AvgIpc) is 2.28. The Labute approximate surface area is 108 Å². The van der Waals surface area contributed by atoms with Gasteiger partial charge in [0.1, 0.15) is 4.90 Å². The monoisotopic (exact) mass is 272 g/mol. The van der Waals surface area contributed by atoms with Gasteiger partial charge in [-0.1, -0.05) is 19.1 Å². The maximum atomic E-state index is 11.5. The second-order valence-corrected chi connectivity index (χ2v) is 6.08. The summed E-state index contributed by atoms with van der Waals surface area (Å²) in [7, 11) is -3.75. The molecule has 0 saturated heterocycles. The van der Waals surface area contributed by atoms with Gasteiger partial charge >= 0.3 is 0 Å². The average molecular weight is 272 g/mol. The van der Waals surface area contributed by atoms with E-state index in [1.807, 2.05) is 13.8 Å². The largest absolute Gasteiger partial charge is 0.396 e. The summed E-state index contributed by atoms with van der Waals surface area (Å²) in [6, 6.07) is 6.50. The standard InChI is InChI=1S/C12H20N2O3S/c1-3-12(2,8-9-15)14-10-6-4-5-7-11(10)18(13,16)17/h4-7,14-15H,3,8-9H2,1-2H3,(H2,13,16,17). The molecule has 1 unspecified atom stereocenters. The molecule has 4 N–H and O–H groups in total. The third-order valence-electron chi connectivity index (χ3n) is 3.07. The van der Waals surface area contributed by atoms with E-state index >= 15 is 0 Å². The van der Waals surface area contributed by atoms with Gasteiger partial charge < -0.3 is 10.4 Å². The lowest BCUT2D eigenvalue weighted by molar-refractivity contribution is 0.252. The summed E-state index contributed by atoms with van der Waals surface area (Å²) < 4.78 is 22.9. The van der Waals surface area contributed by atoms with E-state index in [4.69, 9.17) is 10.2 Å². The third-order valence-corrected chi connectivity index (χ3v) is 4.04. The highest BCUT2D eigenvalue weighted by Crippen LogP contribution is 2.26. The van der Waals surface area contributed by atoms with Gasteiger partial charge in [0.25, 0.3) is 0 Å². The molecule has 102 valence electrons. The normalized spacial score (nSPS) is 15.1. The molecule has 0 radical (unpaired) electrons. The van der Waals surface area contributed by atoms with Crippen LogP contribution in [0.3, 0.4) is 0 Å². The number of aliphatic hydroxyl groups excluding tert-OH is 1. The molecule has 0 saturated carbocycles. The van der Waals surface area contributed by atoms with Crippen molar-refractivity contribution in [2.24, 2.45) is 5.14 Å². The second-order valence-electron chi connectivity index (χ2n) is 4.55. The van der Waals surface area contributed by atoms with Gasteiger partial charge in [-0.25, -0.2) is 13.6 Å². The summed E-state index contributed by atoms with van der Waals surface area (Å²) >= 11 is 0. The summed E-state index contributed by atoms with van der Waals surface area (Å²) in [5.74, 6) is 0. The number of para-hydroxylation sites is 1. The Balaban J connectivity index is 3.11. The highest BCUT2D eigenvalue weighted by Gasteiger charge is 2.24. The summed E-state index contributed by atoms with van der Waals surface area (Å²) in [5.41, 5.74) is 0.105. The number of sulfonamides is 1. The predicted octanol–water partition coefficient (Wildman–Crippen LogP) is 1.30. The fourth-order valence-corrected chi connectivity index (χ4v) is 2.41. The first-order valence-corrected chi connectivity index (χ1v) is 7.38. The minimum Gasteiger partial charge on any atom is -0.396 e. The van der Waals surface area contributed by atoms with E-state index in [1.165, 1.54) is 6.07 Å². The molecule has 0 aliphatic heterocycles. The minimum absolute atomic E-state index is 0.0366. The fraction of sp³-hybridized carbons (Fsp3) is 0.500. The molecule has 0 heterocycles. The van der Waals surface area contributed by atoms with Crippen LogP contribution < -0.4 is 10.5 Å². The van der Waals surface area contributed by atoms with Crippen LogP contribution in [0.25, 0.3) is 0 Å². The summed E-state index contributed by atoms with van der Waals surface area (Å²) in [5, 5.41) is 17.4. The number of benzene rings is 1. The zero-order chi connectivity index (χ0) is 13.8. The Hall–Kier alpha value is -1.11. The minimum atomic E-state index is -3.75. The molecule has 0 bridgehead atoms. The summed E-state index contributed by atoms with van der Waals surface area (Å²) in [4.78, 5) is 0.0719. The van der Waals surface area contributed by atoms with Crippen LogP contribution in [0.1, 0.15) is 26.7 Å². The van der Waals surface area contributed by atoms with Crippen molar-refractivity contribution >= 4 is 15.7 Å². The van der Waals surface area contributed by atoms with E-state index in [0.29, 0.717) is 12.1 Å². The van der Waals surface area contributed by atoms with Crippen LogP contribution in [0, 0.1) is 0 Å². The molecule has 5 nitrogen and oxygen atoms in total. The second kappa shape index (κ2) is 5.69. The van der Waals surface area contributed by atoms with Crippen LogP contribution >= 0.6 is 0 Å². The van der Waals surface area contributed by atoms with Crippen LogP contribution in [-0.2, 0) is 10.0 Å². The van der Waals surface area contributed by atoms with Crippen LogP contribution in [0.15, 0.2) is 29.2 Å². The Morgan fingerprint density at radius 3 is 2.50 bits per heavy atom. The SMILES string of the molecule is CCC(C)(CCO)Nc1ccccc1S(N)(=O)=O. The van der Waals surface area contributed by atoms with E-state index in [0.717, 1.165) is 6.42 Å². The number of rotatable bonds is 6. The van der Waals surface area contributed by atoms with Gasteiger partial charge in [-0.3, -0.25) is 0 Å². The highest BCUT2D eigenvalue weighted by atomic mass is 32.2. The van der Waals surface area contributed by atoms with E-state index in [1.54, 1.807) is 18.2 Å². The maximum Gasteiger partial charge on any atom is 0.240 e. The molecule has 1 aromatic rings. The van der Waals surface area contributed by atoms with Gasteiger partial charge in [-0.15, -0.1) is 0 Å². The summed E-state index contributed by atoms with van der Waals surface area (Å²) in [6.07, 6.45) is 1.29. The van der Waals surface area contributed by atoms with E-state index in [2.05, 4.69) is 5.32 Å². The van der Waals surface area contributed by atoms with Crippen molar-refractivity contribution in [1.82, 2.24) is 0 Å². The first-order chi connectivity index (χ1) is 8.32. The molecule has 6 heteroatoms. The first kappa shape index (κ1) is 14.9. The number of hydrogen-bond acceptors (Lipinski definition) is 4. The van der Waals surface area contributed by atoms with Crippen molar-refractivity contribution in [2.45, 2.75) is 37.1 Å². The van der Waals surface area contributed by atoms with E-state index < -0.39 is 10.0 Å². The van der Waals surface area contributed by atoms with Gasteiger partial charge in [-0.2, -0.15) is 0 Å². The van der Waals surface area contributed by atoms with Crippen molar-refractivity contribution in [2.75, 3.05) is 11.9 Å².